The number of aromatic nitrogens is 2. The molecule has 3 aromatic rings. The Morgan fingerprint density at radius 2 is 2.00 bits per heavy atom. The number of nitrogens with zero attached hydrogens (tertiary/aromatic N) is 2. The number of ether oxygens (including phenoxy) is 1. The van der Waals surface area contributed by atoms with Crippen molar-refractivity contribution in [3.05, 3.63) is 77.7 Å². The zero-order valence-electron chi connectivity index (χ0n) is 18.5. The summed E-state index contributed by atoms with van der Waals surface area (Å²) in [5, 5.41) is 7.45. The van der Waals surface area contributed by atoms with E-state index in [9.17, 15) is 14.4 Å². The Balaban J connectivity index is 1.64. The Hall–Kier alpha value is -4.71. The number of nitrogens with one attached hydrogen (secondary N) is 3. The second-order valence-corrected chi connectivity index (χ2v) is 7.57. The molecule has 4 amide bonds. The summed E-state index contributed by atoms with van der Waals surface area (Å²) in [4.78, 5) is 46.0. The number of amides is 4. The summed E-state index contributed by atoms with van der Waals surface area (Å²) in [6, 6.07) is 11.5. The second-order valence-electron chi connectivity index (χ2n) is 7.57. The van der Waals surface area contributed by atoms with E-state index >= 15 is 0 Å². The lowest BCUT2D eigenvalue weighted by Gasteiger charge is -2.20. The average molecular weight is 455 g/mol. The summed E-state index contributed by atoms with van der Waals surface area (Å²) in [5.41, 5.74) is 1.34. The number of aryl methyl sites for hydroxylation is 1. The molecule has 1 saturated heterocycles. The summed E-state index contributed by atoms with van der Waals surface area (Å²) in [6.45, 7) is 1.55. The number of benzene rings is 1. The van der Waals surface area contributed by atoms with Gasteiger partial charge in [0.2, 0.25) is 0 Å². The highest BCUT2D eigenvalue weighted by molar-refractivity contribution is 6.10. The molecular weight excluding hydrogens is 434 g/mol. The monoisotopic (exact) mass is 455 g/mol. The lowest BCUT2D eigenvalue weighted by Crippen LogP contribution is -2.54. The number of rotatable bonds is 5. The molecule has 1 atom stereocenters. The van der Waals surface area contributed by atoms with Gasteiger partial charge < -0.3 is 15.4 Å². The van der Waals surface area contributed by atoms with Crippen LogP contribution in [0.15, 0.2) is 61.1 Å². The first-order valence-electron chi connectivity index (χ1n) is 10.4. The van der Waals surface area contributed by atoms with E-state index in [-0.39, 0.29) is 6.54 Å². The van der Waals surface area contributed by atoms with Gasteiger partial charge in [0.05, 0.1) is 24.9 Å². The Labute approximate surface area is 196 Å². The number of carbonyl (C=O) groups excluding carboxylic acids is 3. The SMILES string of the molecule is COc1ccc(C)c(C(=O)NC[C@@]2(C#Cc3cccnc3-c3cccnc3)NC(=O)NC2=O)c1. The lowest BCUT2D eigenvalue weighted by molar-refractivity contribution is -0.121. The van der Waals surface area contributed by atoms with Gasteiger partial charge in [-0.3, -0.25) is 24.9 Å². The third kappa shape index (κ3) is 4.56. The van der Waals surface area contributed by atoms with E-state index in [4.69, 9.17) is 4.74 Å². The minimum atomic E-state index is -1.65. The predicted molar refractivity (Wildman–Crippen MR) is 124 cm³/mol. The zero-order valence-corrected chi connectivity index (χ0v) is 18.5. The first kappa shape index (κ1) is 22.5. The number of pyridine rings is 2. The number of imide groups is 1. The van der Waals surface area contributed by atoms with E-state index in [0.29, 0.717) is 22.6 Å². The van der Waals surface area contributed by atoms with Crippen LogP contribution in [0.3, 0.4) is 0 Å². The highest BCUT2D eigenvalue weighted by Gasteiger charge is 2.45. The highest BCUT2D eigenvalue weighted by Crippen LogP contribution is 2.20. The van der Waals surface area contributed by atoms with Crippen LogP contribution >= 0.6 is 0 Å². The molecule has 1 fully saturated rings. The second kappa shape index (κ2) is 9.42. The van der Waals surface area contributed by atoms with Gasteiger partial charge in [-0.25, -0.2) is 4.79 Å². The molecule has 9 heteroatoms. The van der Waals surface area contributed by atoms with Gasteiger partial charge in [0.15, 0.2) is 5.54 Å². The number of urea groups is 1. The van der Waals surface area contributed by atoms with Gasteiger partial charge in [0.1, 0.15) is 5.75 Å². The van der Waals surface area contributed by atoms with Crippen molar-refractivity contribution in [2.45, 2.75) is 12.5 Å². The number of hydrogen-bond donors (Lipinski definition) is 3. The minimum absolute atomic E-state index is 0.241. The summed E-state index contributed by atoms with van der Waals surface area (Å²) >= 11 is 0. The van der Waals surface area contributed by atoms with E-state index in [1.54, 1.807) is 61.9 Å². The molecule has 2 aromatic heterocycles. The molecule has 3 heterocycles. The van der Waals surface area contributed by atoms with E-state index in [1.807, 2.05) is 6.07 Å². The molecule has 0 unspecified atom stereocenters. The van der Waals surface area contributed by atoms with Crippen LogP contribution in [0.2, 0.25) is 0 Å². The standard InChI is InChI=1S/C25H21N5O4/c1-16-7-8-19(34-2)13-20(16)22(31)28-15-25(23(32)29-24(33)30-25)10-9-17-5-4-12-27-21(17)18-6-3-11-26-14-18/h3-8,11-14H,15H2,1-2H3,(H,28,31)(H2,29,30,32,33)/t25-/m1/s1. The molecule has 0 radical (unpaired) electrons. The Bertz CT molecular complexity index is 1330. The van der Waals surface area contributed by atoms with Crippen LogP contribution in [0, 0.1) is 18.8 Å². The molecule has 170 valence electrons. The third-order valence-corrected chi connectivity index (χ3v) is 5.30. The van der Waals surface area contributed by atoms with Crippen LogP contribution < -0.4 is 20.7 Å². The predicted octanol–water partition coefficient (Wildman–Crippen LogP) is 1.82. The maximum atomic E-state index is 12.9. The maximum absolute atomic E-state index is 12.9. The number of methoxy groups -OCH3 is 1. The van der Waals surface area contributed by atoms with Gasteiger partial charge >= 0.3 is 6.03 Å². The minimum Gasteiger partial charge on any atom is -0.497 e. The van der Waals surface area contributed by atoms with E-state index in [2.05, 4.69) is 37.8 Å². The first-order chi connectivity index (χ1) is 16.4. The molecule has 0 saturated carbocycles. The summed E-state index contributed by atoms with van der Waals surface area (Å²) in [7, 11) is 1.51. The van der Waals surface area contributed by atoms with Gasteiger partial charge in [0, 0.05) is 29.7 Å². The van der Waals surface area contributed by atoms with Crippen LogP contribution in [0.1, 0.15) is 21.5 Å². The van der Waals surface area contributed by atoms with Gasteiger partial charge in [-0.1, -0.05) is 17.9 Å². The van der Waals surface area contributed by atoms with Gasteiger partial charge in [-0.15, -0.1) is 0 Å². The Kier molecular flexibility index (Phi) is 6.23. The van der Waals surface area contributed by atoms with E-state index < -0.39 is 23.4 Å². The van der Waals surface area contributed by atoms with Crippen LogP contribution in [0.5, 0.6) is 5.75 Å². The van der Waals surface area contributed by atoms with Crippen LogP contribution in [0.4, 0.5) is 4.79 Å². The van der Waals surface area contributed by atoms with Crippen molar-refractivity contribution in [3.8, 4) is 28.8 Å². The molecule has 0 spiro atoms. The molecule has 3 N–H and O–H groups in total. The summed E-state index contributed by atoms with van der Waals surface area (Å²) < 4.78 is 5.19. The van der Waals surface area contributed by atoms with Crippen molar-refractivity contribution in [1.82, 2.24) is 25.9 Å². The molecule has 4 rings (SSSR count). The van der Waals surface area contributed by atoms with E-state index in [1.165, 1.54) is 7.11 Å². The fraction of sp³-hybridized carbons (Fsp3) is 0.160. The number of carbonyl (C=O) groups is 3. The maximum Gasteiger partial charge on any atom is 0.323 e. The summed E-state index contributed by atoms with van der Waals surface area (Å²) in [5.74, 6) is 5.25. The largest absolute Gasteiger partial charge is 0.497 e. The summed E-state index contributed by atoms with van der Waals surface area (Å²) in [6.07, 6.45) is 4.94. The topological polar surface area (TPSA) is 122 Å². The zero-order chi connectivity index (χ0) is 24.1. The van der Waals surface area contributed by atoms with Crippen molar-refractivity contribution < 1.29 is 19.1 Å². The molecule has 1 aliphatic heterocycles. The third-order valence-electron chi connectivity index (χ3n) is 5.30. The van der Waals surface area contributed by atoms with Gasteiger partial charge in [-0.2, -0.15) is 0 Å². The van der Waals surface area contributed by atoms with Gasteiger partial charge in [0.25, 0.3) is 11.8 Å². The van der Waals surface area contributed by atoms with Crippen molar-refractivity contribution in [2.75, 3.05) is 13.7 Å². The first-order valence-corrected chi connectivity index (χ1v) is 10.4. The molecule has 1 aliphatic rings. The van der Waals surface area contributed by atoms with E-state index in [0.717, 1.165) is 11.1 Å². The molecule has 9 nitrogen and oxygen atoms in total. The lowest BCUT2D eigenvalue weighted by atomic mass is 9.98. The quantitative estimate of drug-likeness (QED) is 0.399. The van der Waals surface area contributed by atoms with Crippen molar-refractivity contribution >= 4 is 17.8 Å². The number of hydrogen-bond acceptors (Lipinski definition) is 6. The fourth-order valence-electron chi connectivity index (χ4n) is 3.44. The molecule has 0 aliphatic carbocycles. The van der Waals surface area contributed by atoms with Crippen molar-refractivity contribution in [2.24, 2.45) is 0 Å². The van der Waals surface area contributed by atoms with Crippen LogP contribution in [-0.4, -0.2) is 47.0 Å². The van der Waals surface area contributed by atoms with Crippen molar-refractivity contribution in [1.29, 1.82) is 0 Å². The van der Waals surface area contributed by atoms with Crippen molar-refractivity contribution in [3.63, 3.8) is 0 Å². The smallest absolute Gasteiger partial charge is 0.323 e. The van der Waals surface area contributed by atoms with Crippen LogP contribution in [0.25, 0.3) is 11.3 Å². The van der Waals surface area contributed by atoms with Gasteiger partial charge in [-0.05, 0) is 48.9 Å². The average Bonchev–Trinajstić information content (AvgIpc) is 3.15. The molecule has 0 bridgehead atoms. The Morgan fingerprint density at radius 3 is 2.71 bits per heavy atom. The highest BCUT2D eigenvalue weighted by atomic mass is 16.5. The molecular formula is C25H21N5O4. The fourth-order valence-corrected chi connectivity index (χ4v) is 3.44. The molecule has 1 aromatic carbocycles. The Morgan fingerprint density at radius 1 is 1.18 bits per heavy atom. The van der Waals surface area contributed by atoms with Crippen LogP contribution in [-0.2, 0) is 4.79 Å². The normalized spacial score (nSPS) is 16.6. The molecule has 34 heavy (non-hydrogen) atoms.